The largest absolute Gasteiger partial charge is 0.468 e. The molecule has 10 nitrogen and oxygen atoms in total. The van der Waals surface area contributed by atoms with Gasteiger partial charge in [0.15, 0.2) is 12.6 Å². The van der Waals surface area contributed by atoms with Gasteiger partial charge in [-0.25, -0.2) is 13.6 Å². The minimum Gasteiger partial charge on any atom is -0.468 e. The third-order valence-corrected chi connectivity index (χ3v) is 20.4. The summed E-state index contributed by atoms with van der Waals surface area (Å²) in [6, 6.07) is 10.2. The number of hydrogen-bond acceptors (Lipinski definition) is 9. The van der Waals surface area contributed by atoms with Crippen molar-refractivity contribution in [1.29, 1.82) is 0 Å². The summed E-state index contributed by atoms with van der Waals surface area (Å²) in [6.07, 6.45) is 5.83. The molecule has 0 bridgehead atoms. The Kier molecular flexibility index (Phi) is 14.2. The number of anilines is 1. The number of benzene rings is 3. The standard InChI is InChI=1S/C52H70F2N4O6Si/c1-33(2)65(34(3)4,35(5)6)26-19-40-43(53)16-13-37-27-38(63-32-61-11)28-42(44(37)40)39-14-15-41-46(45(39)54)55-48(56-47(41)58-23-12-20-51(10,60)30-58)62-31-52(21-22-52)29-36-17-24-57(25-18-36)49(59)64-50(7,8)9/h13-16,27-28,33-36,60H,12,17-18,20-25,29-32H2,1-11H3/t51-/m1/s1. The van der Waals surface area contributed by atoms with Crippen LogP contribution >= 0.6 is 0 Å². The van der Waals surface area contributed by atoms with Gasteiger partial charge in [0.25, 0.3) is 0 Å². The Labute approximate surface area is 385 Å². The van der Waals surface area contributed by atoms with Crippen LogP contribution in [-0.2, 0) is 9.47 Å². The molecule has 0 unspecified atom stereocenters. The molecule has 3 aromatic carbocycles. The fourth-order valence-electron chi connectivity index (χ4n) is 10.7. The van der Waals surface area contributed by atoms with Gasteiger partial charge in [-0.05, 0) is 130 Å². The van der Waals surface area contributed by atoms with Crippen molar-refractivity contribution in [3.63, 3.8) is 0 Å². The predicted molar refractivity (Wildman–Crippen MR) is 257 cm³/mol. The molecule has 4 aromatic rings. The van der Waals surface area contributed by atoms with E-state index in [1.807, 2.05) is 44.7 Å². The molecule has 0 spiro atoms. The maximum absolute atomic E-state index is 17.8. The number of aliphatic hydroxyl groups is 1. The number of β-amino-alcohol motifs (C(OH)–C–C–N with tert-alkyl or cyclic N) is 1. The number of halogens is 2. The van der Waals surface area contributed by atoms with E-state index >= 15 is 8.78 Å². The summed E-state index contributed by atoms with van der Waals surface area (Å²) >= 11 is 0. The van der Waals surface area contributed by atoms with Crippen LogP contribution in [-0.4, -0.2) is 92.0 Å². The van der Waals surface area contributed by atoms with E-state index in [2.05, 4.69) is 53.0 Å². The van der Waals surface area contributed by atoms with E-state index in [-0.39, 0.29) is 41.0 Å². The van der Waals surface area contributed by atoms with Gasteiger partial charge in [-0.2, -0.15) is 9.97 Å². The van der Waals surface area contributed by atoms with Crippen LogP contribution in [0.4, 0.5) is 19.4 Å². The van der Waals surface area contributed by atoms with Crippen LogP contribution in [0.5, 0.6) is 11.8 Å². The lowest BCUT2D eigenvalue weighted by atomic mass is 9.86. The molecule has 3 fully saturated rings. The molecule has 1 atom stereocenters. The molecule has 1 amide bonds. The zero-order valence-electron chi connectivity index (χ0n) is 40.5. The lowest BCUT2D eigenvalue weighted by Gasteiger charge is -2.38. The van der Waals surface area contributed by atoms with E-state index in [4.69, 9.17) is 28.9 Å². The van der Waals surface area contributed by atoms with E-state index in [0.29, 0.717) is 95.0 Å². The van der Waals surface area contributed by atoms with Crippen molar-refractivity contribution in [2.24, 2.45) is 11.3 Å². The highest BCUT2D eigenvalue weighted by molar-refractivity contribution is 6.90. The van der Waals surface area contributed by atoms with E-state index in [1.54, 1.807) is 23.1 Å². The molecular weight excluding hydrogens is 843 g/mol. The maximum Gasteiger partial charge on any atom is 0.410 e. The van der Waals surface area contributed by atoms with Crippen molar-refractivity contribution in [2.45, 2.75) is 142 Å². The zero-order chi connectivity index (χ0) is 47.1. The number of aromatic nitrogens is 2. The molecule has 1 aliphatic carbocycles. The van der Waals surface area contributed by atoms with Gasteiger partial charge in [-0.1, -0.05) is 59.6 Å². The zero-order valence-corrected chi connectivity index (χ0v) is 41.5. The van der Waals surface area contributed by atoms with Crippen LogP contribution in [0.3, 0.4) is 0 Å². The van der Waals surface area contributed by atoms with Crippen molar-refractivity contribution in [3.8, 4) is 34.4 Å². The van der Waals surface area contributed by atoms with Crippen LogP contribution in [0.15, 0.2) is 36.4 Å². The van der Waals surface area contributed by atoms with Gasteiger partial charge in [-0.15, -0.1) is 5.54 Å². The second kappa shape index (κ2) is 19.0. The fraction of sp³-hybridized carbons (Fsp3) is 0.596. The summed E-state index contributed by atoms with van der Waals surface area (Å²) in [5, 5.41) is 12.8. The quantitative estimate of drug-likeness (QED) is 0.0797. The Bertz CT molecular complexity index is 2420. The van der Waals surface area contributed by atoms with E-state index in [9.17, 15) is 9.90 Å². The van der Waals surface area contributed by atoms with Crippen LogP contribution in [0.1, 0.15) is 120 Å². The Hall–Kier alpha value is -4.51. The summed E-state index contributed by atoms with van der Waals surface area (Å²) in [5.74, 6) is 3.64. The molecule has 3 heterocycles. The molecule has 2 aliphatic heterocycles. The number of methoxy groups -OCH3 is 1. The molecular formula is C52H70F2N4O6Si. The lowest BCUT2D eigenvalue weighted by molar-refractivity contribution is 0.0168. The van der Waals surface area contributed by atoms with Crippen molar-refractivity contribution < 1.29 is 37.6 Å². The smallest absolute Gasteiger partial charge is 0.410 e. The van der Waals surface area contributed by atoms with Gasteiger partial charge in [0.05, 0.1) is 17.8 Å². The van der Waals surface area contributed by atoms with Gasteiger partial charge < -0.3 is 33.9 Å². The van der Waals surface area contributed by atoms with Crippen LogP contribution in [0, 0.1) is 34.4 Å². The first-order chi connectivity index (χ1) is 30.7. The van der Waals surface area contributed by atoms with Gasteiger partial charge in [0.2, 0.25) is 0 Å². The van der Waals surface area contributed by atoms with Crippen molar-refractivity contribution >= 4 is 41.7 Å². The Morgan fingerprint density at radius 2 is 1.63 bits per heavy atom. The molecule has 3 aliphatic rings. The summed E-state index contributed by atoms with van der Waals surface area (Å²) in [6.45, 7) is 23.4. The number of piperidine rings is 2. The third-order valence-electron chi connectivity index (χ3n) is 14.1. The van der Waals surface area contributed by atoms with Crippen molar-refractivity contribution in [1.82, 2.24) is 14.9 Å². The second-order valence-corrected chi connectivity index (χ2v) is 26.8. The molecule has 65 heavy (non-hydrogen) atoms. The topological polar surface area (TPSA) is 106 Å². The highest BCUT2D eigenvalue weighted by atomic mass is 28.3. The normalized spacial score (nSPS) is 19.3. The predicted octanol–water partition coefficient (Wildman–Crippen LogP) is 11.8. The van der Waals surface area contributed by atoms with E-state index in [0.717, 1.165) is 38.5 Å². The van der Waals surface area contributed by atoms with Crippen molar-refractivity contribution in [2.75, 3.05) is 51.6 Å². The van der Waals surface area contributed by atoms with Crippen molar-refractivity contribution in [3.05, 3.63) is 53.6 Å². The number of amides is 1. The summed E-state index contributed by atoms with van der Waals surface area (Å²) in [7, 11) is -0.761. The first kappa shape index (κ1) is 48.4. The number of nitrogens with zero attached hydrogens (tertiary/aromatic N) is 4. The molecule has 7 rings (SSSR count). The summed E-state index contributed by atoms with van der Waals surface area (Å²) in [5.41, 5.74) is 4.04. The van der Waals surface area contributed by atoms with Gasteiger partial charge >= 0.3 is 12.1 Å². The number of likely N-dealkylation sites (tertiary alicyclic amines) is 1. The minimum atomic E-state index is -2.29. The Morgan fingerprint density at radius 1 is 0.938 bits per heavy atom. The number of carbonyl (C=O) groups excluding carboxylic acids is 1. The molecule has 13 heteroatoms. The highest BCUT2D eigenvalue weighted by Gasteiger charge is 2.46. The molecule has 1 saturated carbocycles. The lowest BCUT2D eigenvalue weighted by Crippen LogP contribution is -2.46. The Morgan fingerprint density at radius 3 is 2.25 bits per heavy atom. The number of rotatable bonds is 13. The number of carbonyl (C=O) groups is 1. The summed E-state index contributed by atoms with van der Waals surface area (Å²) in [4.78, 5) is 26.3. The Balaban J connectivity index is 1.29. The highest BCUT2D eigenvalue weighted by Crippen LogP contribution is 2.52. The van der Waals surface area contributed by atoms with Gasteiger partial charge in [-0.3, -0.25) is 0 Å². The maximum atomic E-state index is 17.8. The van der Waals surface area contributed by atoms with E-state index in [1.165, 1.54) is 13.2 Å². The monoisotopic (exact) mass is 913 g/mol. The second-order valence-electron chi connectivity index (χ2n) is 21.3. The SMILES string of the molecule is COCOc1cc(-c2ccc3c(N4CCC[C@@](C)(O)C4)nc(OCC4(CC5CCN(C(=O)OC(C)(C)C)CC5)CC4)nc3c2F)c2c(C#C[Si](C(C)C)(C(C)C)C(C)C)c(F)ccc2c1. The van der Waals surface area contributed by atoms with E-state index < -0.39 is 30.9 Å². The number of ether oxygens (including phenoxy) is 4. The number of hydrogen-bond donors (Lipinski definition) is 1. The molecule has 1 N–H and O–H groups in total. The first-order valence-corrected chi connectivity index (χ1v) is 25.9. The molecule has 1 aromatic heterocycles. The third kappa shape index (κ3) is 10.6. The van der Waals surface area contributed by atoms with Gasteiger partial charge in [0, 0.05) is 55.0 Å². The molecule has 352 valence electrons. The van der Waals surface area contributed by atoms with Crippen LogP contribution < -0.4 is 14.4 Å². The fourth-order valence-corrected chi connectivity index (χ4v) is 15.9. The van der Waals surface area contributed by atoms with Crippen LogP contribution in [0.25, 0.3) is 32.8 Å². The minimum absolute atomic E-state index is 0.0338. The number of fused-ring (bicyclic) bond motifs is 2. The molecule has 0 radical (unpaired) electrons. The average molecular weight is 913 g/mol. The van der Waals surface area contributed by atoms with Crippen LogP contribution in [0.2, 0.25) is 16.6 Å². The average Bonchev–Trinajstić information content (AvgIpc) is 4.00. The molecule has 2 saturated heterocycles. The van der Waals surface area contributed by atoms with Gasteiger partial charge in [0.1, 0.15) is 36.6 Å². The summed E-state index contributed by atoms with van der Waals surface area (Å²) < 4.78 is 57.5. The first-order valence-electron chi connectivity index (χ1n) is 23.7.